The van der Waals surface area contributed by atoms with E-state index in [9.17, 15) is 13.2 Å². The second-order valence-corrected chi connectivity index (χ2v) is 3.55. The highest BCUT2D eigenvalue weighted by atomic mass is 32.2. The minimum Gasteiger partial charge on any atom is -0.271 e. The lowest BCUT2D eigenvalue weighted by Gasteiger charge is -2.06. The minimum atomic E-state index is -4.44. The molecule has 1 N–H and O–H groups in total. The summed E-state index contributed by atoms with van der Waals surface area (Å²) < 4.78 is 37.2. The van der Waals surface area contributed by atoms with E-state index in [2.05, 4.69) is 15.3 Å². The van der Waals surface area contributed by atoms with Crippen molar-refractivity contribution in [3.8, 4) is 6.19 Å². The number of aromatic nitrogens is 1. The third-order valence-electron chi connectivity index (χ3n) is 1.65. The summed E-state index contributed by atoms with van der Waals surface area (Å²) >= 11 is 1.10. The van der Waals surface area contributed by atoms with Gasteiger partial charge in [0.05, 0.1) is 5.56 Å². The molecule has 0 aliphatic carbocycles. The van der Waals surface area contributed by atoms with Gasteiger partial charge in [-0.1, -0.05) is 11.8 Å². The van der Waals surface area contributed by atoms with Crippen LogP contribution >= 0.6 is 11.8 Å². The number of nitrogens with zero attached hydrogens (tertiary/aromatic N) is 3. The third kappa shape index (κ3) is 3.96. The van der Waals surface area contributed by atoms with Gasteiger partial charge in [0.25, 0.3) is 0 Å². The largest absolute Gasteiger partial charge is 0.416 e. The monoisotopic (exact) mass is 260 g/mol. The fourth-order valence-electron chi connectivity index (χ4n) is 0.932. The van der Waals surface area contributed by atoms with Crippen LogP contribution < -0.4 is 5.32 Å². The minimum absolute atomic E-state index is 0.105. The standard InChI is InChI=1S/C9H7F3N4S/c1-17-8(15-5-13)16-7-4-6(2-3-14-7)9(10,11)12/h2-4H,1H3,(H,14,15,16). The normalized spacial score (nSPS) is 12.1. The first kappa shape index (κ1) is 13.3. The molecule has 17 heavy (non-hydrogen) atoms. The van der Waals surface area contributed by atoms with Gasteiger partial charge in [0, 0.05) is 6.20 Å². The van der Waals surface area contributed by atoms with Crippen molar-refractivity contribution in [2.45, 2.75) is 6.18 Å². The molecule has 1 aromatic heterocycles. The second kappa shape index (κ2) is 5.54. The van der Waals surface area contributed by atoms with Crippen LogP contribution in [0.3, 0.4) is 0 Å². The highest BCUT2D eigenvalue weighted by molar-refractivity contribution is 8.13. The lowest BCUT2D eigenvalue weighted by Crippen LogP contribution is -2.12. The molecule has 0 aliphatic heterocycles. The van der Waals surface area contributed by atoms with Crippen molar-refractivity contribution in [1.29, 1.82) is 5.26 Å². The van der Waals surface area contributed by atoms with Gasteiger partial charge >= 0.3 is 6.18 Å². The number of halogens is 3. The summed E-state index contributed by atoms with van der Waals surface area (Å²) in [6.45, 7) is 0. The Kier molecular flexibility index (Phi) is 4.34. The summed E-state index contributed by atoms with van der Waals surface area (Å²) in [5, 5.41) is 10.8. The van der Waals surface area contributed by atoms with E-state index in [1.165, 1.54) is 0 Å². The fourth-order valence-corrected chi connectivity index (χ4v) is 1.26. The lowest BCUT2D eigenvalue weighted by atomic mass is 10.2. The van der Waals surface area contributed by atoms with E-state index in [0.717, 1.165) is 30.1 Å². The van der Waals surface area contributed by atoms with Crippen molar-refractivity contribution in [3.05, 3.63) is 23.9 Å². The summed E-state index contributed by atoms with van der Waals surface area (Å²) in [5.41, 5.74) is -0.830. The molecule has 0 aliphatic rings. The zero-order valence-corrected chi connectivity index (χ0v) is 9.43. The molecule has 0 aromatic carbocycles. The van der Waals surface area contributed by atoms with E-state index in [1.54, 1.807) is 12.4 Å². The van der Waals surface area contributed by atoms with E-state index < -0.39 is 11.7 Å². The van der Waals surface area contributed by atoms with Gasteiger partial charge in [-0.25, -0.2) is 9.98 Å². The Morgan fingerprint density at radius 1 is 1.59 bits per heavy atom. The number of nitriles is 1. The molecule has 1 aromatic rings. The lowest BCUT2D eigenvalue weighted by molar-refractivity contribution is -0.137. The quantitative estimate of drug-likeness (QED) is 0.365. The Bertz CT molecular complexity index is 464. The van der Waals surface area contributed by atoms with Crippen LogP contribution in [0.1, 0.15) is 5.56 Å². The Morgan fingerprint density at radius 2 is 2.29 bits per heavy atom. The van der Waals surface area contributed by atoms with Gasteiger partial charge in [-0.2, -0.15) is 18.4 Å². The number of pyridine rings is 1. The average Bonchev–Trinajstić information content (AvgIpc) is 2.28. The zero-order valence-electron chi connectivity index (χ0n) is 8.62. The number of alkyl halides is 3. The van der Waals surface area contributed by atoms with Crippen LogP contribution in [-0.2, 0) is 6.18 Å². The molecule has 0 fully saturated rings. The van der Waals surface area contributed by atoms with E-state index in [0.29, 0.717) is 0 Å². The first-order valence-corrected chi connectivity index (χ1v) is 5.51. The van der Waals surface area contributed by atoms with Crippen molar-refractivity contribution >= 4 is 22.7 Å². The molecule has 90 valence electrons. The summed E-state index contributed by atoms with van der Waals surface area (Å²) in [6, 6.07) is 1.67. The van der Waals surface area contributed by atoms with E-state index >= 15 is 0 Å². The number of hydrogen-bond acceptors (Lipinski definition) is 4. The fraction of sp³-hybridized carbons (Fsp3) is 0.222. The van der Waals surface area contributed by atoms with Crippen molar-refractivity contribution in [1.82, 2.24) is 10.3 Å². The van der Waals surface area contributed by atoms with Crippen LogP contribution in [0.25, 0.3) is 0 Å². The van der Waals surface area contributed by atoms with Crippen LogP contribution in [0.5, 0.6) is 0 Å². The topological polar surface area (TPSA) is 61.1 Å². The maximum absolute atomic E-state index is 12.4. The van der Waals surface area contributed by atoms with Crippen LogP contribution in [0.15, 0.2) is 23.3 Å². The Labute approximate surface area is 99.6 Å². The van der Waals surface area contributed by atoms with Crippen LogP contribution in [0.2, 0.25) is 0 Å². The molecular formula is C9H7F3N4S. The predicted molar refractivity (Wildman–Crippen MR) is 58.6 cm³/mol. The number of rotatable bonds is 1. The number of hydrogen-bond donors (Lipinski definition) is 1. The highest BCUT2D eigenvalue weighted by Gasteiger charge is 2.30. The first-order valence-electron chi connectivity index (χ1n) is 4.28. The smallest absolute Gasteiger partial charge is 0.271 e. The Morgan fingerprint density at radius 3 is 2.82 bits per heavy atom. The van der Waals surface area contributed by atoms with Crippen LogP contribution in [0.4, 0.5) is 19.0 Å². The molecule has 4 nitrogen and oxygen atoms in total. The molecule has 0 radical (unpaired) electrons. The average molecular weight is 260 g/mol. The predicted octanol–water partition coefficient (Wildman–Crippen LogP) is 2.52. The van der Waals surface area contributed by atoms with Gasteiger partial charge in [0.15, 0.2) is 17.2 Å². The number of aliphatic imine (C=N–C) groups is 1. The van der Waals surface area contributed by atoms with Crippen LogP contribution in [0, 0.1) is 11.5 Å². The molecule has 0 amide bonds. The van der Waals surface area contributed by atoms with E-state index in [1.807, 2.05) is 0 Å². The molecule has 0 bridgehead atoms. The number of amidine groups is 1. The maximum Gasteiger partial charge on any atom is 0.416 e. The number of nitrogens with one attached hydrogen (secondary N) is 1. The van der Waals surface area contributed by atoms with Gasteiger partial charge in [-0.3, -0.25) is 5.32 Å². The summed E-state index contributed by atoms with van der Waals surface area (Å²) in [6.07, 6.45) is -0.147. The van der Waals surface area contributed by atoms with Gasteiger partial charge < -0.3 is 0 Å². The molecule has 0 unspecified atom stereocenters. The summed E-state index contributed by atoms with van der Waals surface area (Å²) in [4.78, 5) is 7.45. The molecule has 8 heteroatoms. The molecule has 0 spiro atoms. The van der Waals surface area contributed by atoms with Crippen LogP contribution in [-0.4, -0.2) is 16.4 Å². The van der Waals surface area contributed by atoms with Crippen molar-refractivity contribution in [2.75, 3.05) is 6.26 Å². The Hall–Kier alpha value is -1.75. The maximum atomic E-state index is 12.4. The Balaban J connectivity index is 3.04. The molecule has 1 heterocycles. The van der Waals surface area contributed by atoms with E-state index in [-0.39, 0.29) is 11.0 Å². The summed E-state index contributed by atoms with van der Waals surface area (Å²) in [5.74, 6) is -0.105. The molecule has 1 rings (SSSR count). The number of thioether (sulfide) groups is 1. The van der Waals surface area contributed by atoms with Crippen molar-refractivity contribution < 1.29 is 13.2 Å². The second-order valence-electron chi connectivity index (χ2n) is 2.76. The molecule has 0 saturated carbocycles. The third-order valence-corrected chi connectivity index (χ3v) is 2.23. The van der Waals surface area contributed by atoms with Crippen molar-refractivity contribution in [2.24, 2.45) is 4.99 Å². The van der Waals surface area contributed by atoms with E-state index in [4.69, 9.17) is 5.26 Å². The molecule has 0 atom stereocenters. The molecular weight excluding hydrogens is 253 g/mol. The van der Waals surface area contributed by atoms with Crippen molar-refractivity contribution in [3.63, 3.8) is 0 Å². The van der Waals surface area contributed by atoms with Gasteiger partial charge in [0.2, 0.25) is 0 Å². The molecule has 0 saturated heterocycles. The van der Waals surface area contributed by atoms with Gasteiger partial charge in [-0.15, -0.1) is 0 Å². The summed E-state index contributed by atoms with van der Waals surface area (Å²) in [7, 11) is 0. The van der Waals surface area contributed by atoms with Gasteiger partial charge in [0.1, 0.15) is 0 Å². The zero-order chi connectivity index (χ0) is 12.9. The first-order chi connectivity index (χ1) is 7.97. The van der Waals surface area contributed by atoms with Gasteiger partial charge in [-0.05, 0) is 18.4 Å². The SMILES string of the molecule is CSC(=Nc1cc(C(F)(F)F)ccn1)NC#N. The highest BCUT2D eigenvalue weighted by Crippen LogP contribution is 2.30.